The first-order chi connectivity index (χ1) is 5.91. The Hall–Kier alpha value is -0.220. The van der Waals surface area contributed by atoms with E-state index in [1.807, 2.05) is 12.2 Å². The largest absolute Gasteiger partial charge is 0.0985 e. The summed E-state index contributed by atoms with van der Waals surface area (Å²) in [4.78, 5) is 0. The molecule has 0 nitrogen and oxygen atoms in total. The minimum Gasteiger partial charge on any atom is -0.0985 e. The van der Waals surface area contributed by atoms with Crippen LogP contribution >= 0.6 is 15.9 Å². The van der Waals surface area contributed by atoms with Crippen molar-refractivity contribution in [2.75, 3.05) is 5.33 Å². The summed E-state index contributed by atoms with van der Waals surface area (Å²) >= 11 is 3.30. The molecule has 0 aromatic carbocycles. The van der Waals surface area contributed by atoms with Crippen molar-refractivity contribution >= 4 is 15.9 Å². The number of alkyl halides is 1. The van der Waals surface area contributed by atoms with Gasteiger partial charge >= 0.3 is 0 Å². The molecule has 0 saturated carbocycles. The van der Waals surface area contributed by atoms with E-state index in [9.17, 15) is 0 Å². The molecule has 0 spiro atoms. The van der Waals surface area contributed by atoms with Gasteiger partial charge in [-0.05, 0) is 12.5 Å². The Bertz CT molecular complexity index is 160. The van der Waals surface area contributed by atoms with E-state index in [1.54, 1.807) is 0 Å². The Labute approximate surface area is 84.6 Å². The van der Waals surface area contributed by atoms with Crippen molar-refractivity contribution in [3.63, 3.8) is 0 Å². The van der Waals surface area contributed by atoms with Gasteiger partial charge in [0.25, 0.3) is 0 Å². The molecule has 1 heteroatoms. The fourth-order valence-electron chi connectivity index (χ4n) is 0.875. The summed E-state index contributed by atoms with van der Waals surface area (Å²) in [6, 6.07) is 0. The maximum absolute atomic E-state index is 3.30. The predicted octanol–water partition coefficient (Wildman–Crippen LogP) is 3.91. The molecule has 0 heterocycles. The van der Waals surface area contributed by atoms with E-state index in [0.717, 1.165) is 11.8 Å². The van der Waals surface area contributed by atoms with Crippen molar-refractivity contribution in [1.82, 2.24) is 0 Å². The van der Waals surface area contributed by atoms with E-state index in [4.69, 9.17) is 0 Å². The van der Waals surface area contributed by atoms with Gasteiger partial charge in [-0.15, -0.1) is 0 Å². The highest BCUT2D eigenvalue weighted by molar-refractivity contribution is 9.09. The third-order valence-electron chi connectivity index (χ3n) is 1.55. The zero-order chi connectivity index (χ0) is 9.07. The van der Waals surface area contributed by atoms with Crippen LogP contribution in [0, 0.1) is 11.8 Å². The second-order valence-corrected chi connectivity index (χ2v) is 3.34. The van der Waals surface area contributed by atoms with Gasteiger partial charge in [-0.2, -0.15) is 0 Å². The van der Waals surface area contributed by atoms with Crippen molar-refractivity contribution in [2.24, 2.45) is 0 Å². The number of rotatable bonds is 5. The van der Waals surface area contributed by atoms with E-state index in [0.29, 0.717) is 0 Å². The first-order valence-electron chi connectivity index (χ1n) is 4.61. The highest BCUT2D eigenvalue weighted by Gasteiger charge is 1.82. The topological polar surface area (TPSA) is 0 Å². The molecular weight excluding hydrogens is 212 g/mol. The molecule has 12 heavy (non-hydrogen) atoms. The number of hydrogen-bond acceptors (Lipinski definition) is 0. The standard InChI is InChI=1S/C11H17Br/c1-2-3-4-5-6-7-8-9-10-11-12/h9-10H,2-6,11H2,1H3/b10-9+. The Morgan fingerprint density at radius 1 is 1.25 bits per heavy atom. The normalized spacial score (nSPS) is 9.83. The van der Waals surface area contributed by atoms with Crippen molar-refractivity contribution in [3.8, 4) is 11.8 Å². The van der Waals surface area contributed by atoms with Gasteiger partial charge in [-0.3, -0.25) is 0 Å². The lowest BCUT2D eigenvalue weighted by Gasteiger charge is -1.91. The first-order valence-corrected chi connectivity index (χ1v) is 5.73. The van der Waals surface area contributed by atoms with E-state index < -0.39 is 0 Å². The zero-order valence-electron chi connectivity index (χ0n) is 7.78. The lowest BCUT2D eigenvalue weighted by atomic mass is 10.2. The molecule has 0 aromatic rings. The number of halogens is 1. The van der Waals surface area contributed by atoms with Crippen LogP contribution in [0.5, 0.6) is 0 Å². The average Bonchev–Trinajstić information content (AvgIpc) is 2.10. The SMILES string of the molecule is CCCCCCC#C/C=C/CBr. The third kappa shape index (κ3) is 9.78. The quantitative estimate of drug-likeness (QED) is 0.381. The molecule has 0 fully saturated rings. The van der Waals surface area contributed by atoms with Crippen LogP contribution in [0.25, 0.3) is 0 Å². The summed E-state index contributed by atoms with van der Waals surface area (Å²) < 4.78 is 0. The molecule has 0 aliphatic heterocycles. The van der Waals surface area contributed by atoms with Crippen molar-refractivity contribution in [3.05, 3.63) is 12.2 Å². The van der Waals surface area contributed by atoms with Gasteiger partial charge in [0.05, 0.1) is 0 Å². The Balaban J connectivity index is 3.15. The van der Waals surface area contributed by atoms with Gasteiger partial charge in [0.2, 0.25) is 0 Å². The smallest absolute Gasteiger partial charge is 0.0221 e. The van der Waals surface area contributed by atoms with Gasteiger partial charge in [-0.25, -0.2) is 0 Å². The molecule has 0 atom stereocenters. The van der Waals surface area contributed by atoms with Crippen LogP contribution in [-0.4, -0.2) is 5.33 Å². The number of unbranched alkanes of at least 4 members (excludes halogenated alkanes) is 4. The molecular formula is C11H17Br. The fourth-order valence-corrected chi connectivity index (χ4v) is 1.06. The lowest BCUT2D eigenvalue weighted by molar-refractivity contribution is 0.679. The maximum Gasteiger partial charge on any atom is 0.0221 e. The first kappa shape index (κ1) is 11.8. The van der Waals surface area contributed by atoms with Crippen LogP contribution < -0.4 is 0 Å². The van der Waals surface area contributed by atoms with Gasteiger partial charge in [0, 0.05) is 11.8 Å². The minimum absolute atomic E-state index is 0.900. The van der Waals surface area contributed by atoms with Crippen molar-refractivity contribution in [2.45, 2.75) is 39.0 Å². The number of allylic oxidation sites excluding steroid dienone is 2. The monoisotopic (exact) mass is 228 g/mol. The number of hydrogen-bond donors (Lipinski definition) is 0. The Morgan fingerprint density at radius 2 is 2.08 bits per heavy atom. The van der Waals surface area contributed by atoms with E-state index >= 15 is 0 Å². The van der Waals surface area contributed by atoms with Crippen LogP contribution in [0.1, 0.15) is 39.0 Å². The van der Waals surface area contributed by atoms with Crippen LogP contribution in [-0.2, 0) is 0 Å². The summed E-state index contributed by atoms with van der Waals surface area (Å²) in [6.45, 7) is 2.23. The Kier molecular flexibility index (Phi) is 10.6. The third-order valence-corrected chi connectivity index (χ3v) is 1.92. The summed E-state index contributed by atoms with van der Waals surface area (Å²) in [5.74, 6) is 6.12. The van der Waals surface area contributed by atoms with Crippen LogP contribution in [0.3, 0.4) is 0 Å². The van der Waals surface area contributed by atoms with Crippen molar-refractivity contribution < 1.29 is 0 Å². The highest BCUT2D eigenvalue weighted by Crippen LogP contribution is 2.00. The van der Waals surface area contributed by atoms with E-state index in [1.165, 1.54) is 25.7 Å². The Morgan fingerprint density at radius 3 is 2.75 bits per heavy atom. The minimum atomic E-state index is 0.900. The molecule has 0 bridgehead atoms. The molecule has 68 valence electrons. The second kappa shape index (κ2) is 10.8. The fraction of sp³-hybridized carbons (Fsp3) is 0.636. The molecule has 0 aromatic heterocycles. The van der Waals surface area contributed by atoms with Gasteiger partial charge in [-0.1, -0.05) is 60.0 Å². The molecule has 0 radical (unpaired) electrons. The zero-order valence-corrected chi connectivity index (χ0v) is 9.36. The summed E-state index contributed by atoms with van der Waals surface area (Å²) in [7, 11) is 0. The molecule has 0 rings (SSSR count). The van der Waals surface area contributed by atoms with Crippen molar-refractivity contribution in [1.29, 1.82) is 0 Å². The summed E-state index contributed by atoms with van der Waals surface area (Å²) in [5, 5.41) is 0.900. The molecule has 0 aliphatic carbocycles. The molecule has 0 unspecified atom stereocenters. The van der Waals surface area contributed by atoms with Crippen LogP contribution in [0.15, 0.2) is 12.2 Å². The molecule has 0 N–H and O–H groups in total. The summed E-state index contributed by atoms with van der Waals surface area (Å²) in [6.07, 6.45) is 10.2. The highest BCUT2D eigenvalue weighted by atomic mass is 79.9. The van der Waals surface area contributed by atoms with Crippen LogP contribution in [0.2, 0.25) is 0 Å². The lowest BCUT2D eigenvalue weighted by Crippen LogP contribution is -1.73. The summed E-state index contributed by atoms with van der Waals surface area (Å²) in [5.41, 5.74) is 0. The van der Waals surface area contributed by atoms with E-state index in [-0.39, 0.29) is 0 Å². The molecule has 0 saturated heterocycles. The van der Waals surface area contributed by atoms with E-state index in [2.05, 4.69) is 34.7 Å². The maximum atomic E-state index is 3.30. The second-order valence-electron chi connectivity index (χ2n) is 2.69. The van der Waals surface area contributed by atoms with Gasteiger partial charge in [0.1, 0.15) is 0 Å². The van der Waals surface area contributed by atoms with Gasteiger partial charge < -0.3 is 0 Å². The van der Waals surface area contributed by atoms with Gasteiger partial charge in [0.15, 0.2) is 0 Å². The molecule has 0 aliphatic rings. The van der Waals surface area contributed by atoms with Crippen LogP contribution in [0.4, 0.5) is 0 Å². The predicted molar refractivity (Wildman–Crippen MR) is 59.5 cm³/mol. The average molecular weight is 229 g/mol. The molecule has 0 amide bonds.